The first kappa shape index (κ1) is 11.9. The maximum Gasteiger partial charge on any atom is 0.325 e. The Morgan fingerprint density at radius 2 is 1.92 bits per heavy atom. The Morgan fingerprint density at radius 1 is 1.46 bits per heavy atom. The maximum atomic E-state index is 10.8. The van der Waals surface area contributed by atoms with E-state index in [4.69, 9.17) is 5.11 Å². The quantitative estimate of drug-likeness (QED) is 0.594. The minimum atomic E-state index is -3.40. The second-order valence-corrected chi connectivity index (χ2v) is 4.84. The van der Waals surface area contributed by atoms with Gasteiger partial charge in [-0.05, 0) is 6.92 Å². The van der Waals surface area contributed by atoms with Gasteiger partial charge in [0.1, 0.15) is 11.8 Å². The predicted octanol–water partition coefficient (Wildman–Crippen LogP) is -1.38. The zero-order chi connectivity index (χ0) is 10.6. The van der Waals surface area contributed by atoms with E-state index in [1.807, 2.05) is 5.32 Å². The minimum absolute atomic E-state index is 0.690. The zero-order valence-electron chi connectivity index (χ0n) is 7.27. The van der Waals surface area contributed by atoms with Crippen LogP contribution in [-0.4, -0.2) is 43.5 Å². The molecule has 0 bridgehead atoms. The summed E-state index contributed by atoms with van der Waals surface area (Å²) in [6.07, 6.45) is 0.901. The smallest absolute Gasteiger partial charge is 0.325 e. The van der Waals surface area contributed by atoms with E-state index in [2.05, 4.69) is 0 Å². The van der Waals surface area contributed by atoms with Crippen molar-refractivity contribution in [3.05, 3.63) is 0 Å². The number of sulfone groups is 1. The summed E-state index contributed by atoms with van der Waals surface area (Å²) in [5.41, 5.74) is 0. The second-order valence-electron chi connectivity index (χ2n) is 2.70. The number of aliphatic carboxylic acids is 1. The van der Waals surface area contributed by atoms with Gasteiger partial charge in [0, 0.05) is 6.26 Å². The second kappa shape index (κ2) is 4.22. The first-order chi connectivity index (χ1) is 5.72. The molecule has 0 aliphatic heterocycles. The fraction of sp³-hybridized carbons (Fsp3) is 0.667. The molecule has 0 aromatic rings. The fourth-order valence-electron chi connectivity index (χ4n) is 0.583. The number of carbonyl (C=O) groups excluding carboxylic acids is 1. The van der Waals surface area contributed by atoms with Gasteiger partial charge in [0.05, 0.1) is 0 Å². The third-order valence-electron chi connectivity index (χ3n) is 1.14. The van der Waals surface area contributed by atoms with E-state index >= 15 is 0 Å². The summed E-state index contributed by atoms with van der Waals surface area (Å²) in [5, 5.41) is 10.4. The summed E-state index contributed by atoms with van der Waals surface area (Å²) >= 11 is 0. The topological polar surface area (TPSA) is 101 Å². The summed E-state index contributed by atoms with van der Waals surface area (Å²) in [6.45, 7) is 1.25. The highest BCUT2D eigenvalue weighted by molar-refractivity contribution is 7.91. The molecule has 1 atom stereocenters. The van der Waals surface area contributed by atoms with Gasteiger partial charge in [0.25, 0.3) is 0 Å². The molecular formula is C6H11NO5S. The van der Waals surface area contributed by atoms with Crippen LogP contribution < -0.4 is 5.32 Å². The largest absolute Gasteiger partial charge is 0.480 e. The van der Waals surface area contributed by atoms with Gasteiger partial charge in [-0.1, -0.05) is 0 Å². The van der Waals surface area contributed by atoms with Gasteiger partial charge in [-0.3, -0.25) is 9.59 Å². The van der Waals surface area contributed by atoms with Gasteiger partial charge in [0.15, 0.2) is 9.84 Å². The highest BCUT2D eigenvalue weighted by atomic mass is 32.2. The number of rotatable bonds is 4. The van der Waals surface area contributed by atoms with Crippen LogP contribution in [0.2, 0.25) is 0 Å². The predicted molar refractivity (Wildman–Crippen MR) is 45.0 cm³/mol. The van der Waals surface area contributed by atoms with Crippen molar-refractivity contribution in [2.45, 2.75) is 13.0 Å². The van der Waals surface area contributed by atoms with Crippen molar-refractivity contribution in [2.24, 2.45) is 0 Å². The van der Waals surface area contributed by atoms with Crippen LogP contribution in [0.4, 0.5) is 0 Å². The Kier molecular flexibility index (Phi) is 3.86. The average Bonchev–Trinajstić information content (AvgIpc) is 1.81. The molecule has 7 heteroatoms. The van der Waals surface area contributed by atoms with Gasteiger partial charge in [-0.25, -0.2) is 8.42 Å². The van der Waals surface area contributed by atoms with Crippen molar-refractivity contribution in [1.82, 2.24) is 5.32 Å². The van der Waals surface area contributed by atoms with Gasteiger partial charge in [-0.15, -0.1) is 0 Å². The molecule has 13 heavy (non-hydrogen) atoms. The van der Waals surface area contributed by atoms with E-state index < -0.39 is 33.5 Å². The molecule has 0 unspecified atom stereocenters. The first-order valence-electron chi connectivity index (χ1n) is 3.42. The zero-order valence-corrected chi connectivity index (χ0v) is 8.09. The molecule has 0 saturated heterocycles. The Morgan fingerprint density at radius 3 is 2.23 bits per heavy atom. The summed E-state index contributed by atoms with van der Waals surface area (Å²) in [7, 11) is -3.40. The number of nitrogens with one attached hydrogen (secondary N) is 1. The molecule has 6 nitrogen and oxygen atoms in total. The van der Waals surface area contributed by atoms with E-state index in [0.717, 1.165) is 6.26 Å². The van der Waals surface area contributed by atoms with Crippen LogP contribution in [0.25, 0.3) is 0 Å². The molecule has 1 amide bonds. The van der Waals surface area contributed by atoms with E-state index in [-0.39, 0.29) is 0 Å². The summed E-state index contributed by atoms with van der Waals surface area (Å²) in [5.74, 6) is -2.70. The van der Waals surface area contributed by atoms with Gasteiger partial charge in [-0.2, -0.15) is 0 Å². The monoisotopic (exact) mass is 209 g/mol. The lowest BCUT2D eigenvalue weighted by Crippen LogP contribution is -2.41. The Labute approximate surface area is 75.9 Å². The number of hydrogen-bond acceptors (Lipinski definition) is 4. The minimum Gasteiger partial charge on any atom is -0.480 e. The van der Waals surface area contributed by atoms with Gasteiger partial charge < -0.3 is 10.4 Å². The molecule has 0 aromatic heterocycles. The average molecular weight is 209 g/mol. The van der Waals surface area contributed by atoms with E-state index in [1.165, 1.54) is 6.92 Å². The van der Waals surface area contributed by atoms with Crippen molar-refractivity contribution in [3.8, 4) is 0 Å². The molecule has 0 radical (unpaired) electrons. The Bertz CT molecular complexity index is 307. The summed E-state index contributed by atoms with van der Waals surface area (Å²) in [6, 6.07) is -1.07. The van der Waals surface area contributed by atoms with E-state index in [1.54, 1.807) is 0 Å². The molecule has 0 spiro atoms. The van der Waals surface area contributed by atoms with Crippen molar-refractivity contribution in [1.29, 1.82) is 0 Å². The molecule has 2 N–H and O–H groups in total. The van der Waals surface area contributed by atoms with Crippen LogP contribution in [0, 0.1) is 0 Å². The van der Waals surface area contributed by atoms with Crippen LogP contribution in [0.5, 0.6) is 0 Å². The highest BCUT2D eigenvalue weighted by Gasteiger charge is 2.16. The summed E-state index contributed by atoms with van der Waals surface area (Å²) < 4.78 is 21.2. The standard InChI is InChI=1S/C6H11NO5S/c1-4(6(9)10)7-5(8)3-13(2,11)12/h4H,3H2,1-2H3,(H,7,8)(H,9,10)/t4-/m0/s1. The van der Waals surface area contributed by atoms with Crippen LogP contribution in [0.15, 0.2) is 0 Å². The Balaban J connectivity index is 4.11. The normalized spacial score (nSPS) is 13.4. The lowest BCUT2D eigenvalue weighted by Gasteiger charge is -2.07. The molecule has 0 saturated carbocycles. The van der Waals surface area contributed by atoms with Crippen LogP contribution in [0.1, 0.15) is 6.92 Å². The molecule has 0 fully saturated rings. The molecule has 76 valence electrons. The molecule has 0 aromatic carbocycles. The number of hydrogen-bond donors (Lipinski definition) is 2. The van der Waals surface area contributed by atoms with E-state index in [0.29, 0.717) is 0 Å². The molecule has 0 aliphatic rings. The number of carbonyl (C=O) groups is 2. The lowest BCUT2D eigenvalue weighted by molar-refractivity contribution is -0.140. The molecule has 0 aliphatic carbocycles. The third-order valence-corrected chi connectivity index (χ3v) is 1.93. The lowest BCUT2D eigenvalue weighted by atomic mass is 10.3. The summed E-state index contributed by atoms with van der Waals surface area (Å²) in [4.78, 5) is 21.1. The van der Waals surface area contributed by atoms with Crippen LogP contribution in [-0.2, 0) is 19.4 Å². The molecule has 0 heterocycles. The third kappa shape index (κ3) is 6.09. The maximum absolute atomic E-state index is 10.8. The number of carboxylic acids is 1. The van der Waals surface area contributed by atoms with Crippen LogP contribution in [0.3, 0.4) is 0 Å². The van der Waals surface area contributed by atoms with Crippen molar-refractivity contribution < 1.29 is 23.1 Å². The van der Waals surface area contributed by atoms with Crippen molar-refractivity contribution in [3.63, 3.8) is 0 Å². The molecular weight excluding hydrogens is 198 g/mol. The van der Waals surface area contributed by atoms with Crippen LogP contribution >= 0.6 is 0 Å². The van der Waals surface area contributed by atoms with Crippen molar-refractivity contribution >= 4 is 21.7 Å². The molecule has 0 rings (SSSR count). The van der Waals surface area contributed by atoms with Gasteiger partial charge in [0.2, 0.25) is 5.91 Å². The Hall–Kier alpha value is -1.11. The van der Waals surface area contributed by atoms with E-state index in [9.17, 15) is 18.0 Å². The number of carboxylic acid groups (broad SMARTS) is 1. The van der Waals surface area contributed by atoms with Crippen molar-refractivity contribution in [2.75, 3.05) is 12.0 Å². The first-order valence-corrected chi connectivity index (χ1v) is 5.48. The SMILES string of the molecule is C[C@H](NC(=O)CS(C)(=O)=O)C(=O)O. The fourth-order valence-corrected chi connectivity index (χ4v) is 1.14. The van der Waals surface area contributed by atoms with Gasteiger partial charge >= 0.3 is 5.97 Å². The number of amides is 1. The highest BCUT2D eigenvalue weighted by Crippen LogP contribution is 1.85.